The maximum atomic E-state index is 6.45. The highest BCUT2D eigenvalue weighted by atomic mass is 35.5. The normalized spacial score (nSPS) is 12.2. The molecular weight excluding hydrogens is 389 g/mol. The van der Waals surface area contributed by atoms with Gasteiger partial charge in [0, 0.05) is 30.0 Å². The van der Waals surface area contributed by atoms with Crippen molar-refractivity contribution < 1.29 is 4.74 Å². The molecule has 0 amide bonds. The lowest BCUT2D eigenvalue weighted by Crippen LogP contribution is -2.24. The first-order valence-corrected chi connectivity index (χ1v) is 9.93. The number of rotatable bonds is 5. The van der Waals surface area contributed by atoms with Gasteiger partial charge in [0.25, 0.3) is 0 Å². The smallest absolute Gasteiger partial charge is 0.219 e. The third kappa shape index (κ3) is 4.90. The zero-order chi connectivity index (χ0) is 19.6. The van der Waals surface area contributed by atoms with Crippen molar-refractivity contribution >= 4 is 46.8 Å². The van der Waals surface area contributed by atoms with Crippen LogP contribution in [0, 0.1) is 6.92 Å². The van der Waals surface area contributed by atoms with Crippen LogP contribution in [0.1, 0.15) is 45.9 Å². The van der Waals surface area contributed by atoms with E-state index < -0.39 is 0 Å². The second-order valence-corrected chi connectivity index (χ2v) is 9.08. The number of nitrogens with zero attached hydrogens (tertiary/aromatic N) is 3. The van der Waals surface area contributed by atoms with Gasteiger partial charge in [0.1, 0.15) is 10.8 Å². The van der Waals surface area contributed by atoms with Gasteiger partial charge in [-0.3, -0.25) is 0 Å². The Hall–Kier alpha value is -1.30. The first-order chi connectivity index (χ1) is 12.0. The molecule has 0 radical (unpaired) electrons. The number of aromatic nitrogens is 1. The molecular formula is C19H25Cl2N3OS. The highest BCUT2D eigenvalue weighted by Gasteiger charge is 2.25. The molecule has 4 nitrogen and oxygen atoms in total. The van der Waals surface area contributed by atoms with E-state index in [4.69, 9.17) is 27.9 Å². The van der Waals surface area contributed by atoms with Crippen molar-refractivity contribution in [2.24, 2.45) is 4.99 Å². The topological polar surface area (TPSA) is 37.7 Å². The summed E-state index contributed by atoms with van der Waals surface area (Å²) in [5, 5.41) is 1.57. The molecule has 0 saturated heterocycles. The maximum absolute atomic E-state index is 6.45. The van der Waals surface area contributed by atoms with Gasteiger partial charge in [0.05, 0.1) is 22.7 Å². The van der Waals surface area contributed by atoms with Crippen LogP contribution in [0.4, 0.5) is 5.69 Å². The number of hydrogen-bond donors (Lipinski definition) is 0. The zero-order valence-electron chi connectivity index (χ0n) is 16.2. The lowest BCUT2D eigenvalue weighted by molar-refractivity contribution is 0.429. The van der Waals surface area contributed by atoms with E-state index in [2.05, 4.69) is 44.0 Å². The van der Waals surface area contributed by atoms with Gasteiger partial charge in [-0.2, -0.15) is 4.37 Å². The van der Waals surface area contributed by atoms with Gasteiger partial charge in [0.15, 0.2) is 0 Å². The van der Waals surface area contributed by atoms with E-state index in [1.807, 2.05) is 24.9 Å². The Morgan fingerprint density at radius 3 is 2.46 bits per heavy atom. The molecule has 142 valence electrons. The standard InChI is InChI=1S/C19H25Cl2N3OS/c1-11(2)24(7)10-22-14-9-13(20)15(8-12(14)3)25-18-16(21)17(23-26-18)19(4,5)6/h8-11H,1-7H3. The number of aryl methyl sites for hydroxylation is 1. The van der Waals surface area contributed by atoms with Crippen LogP contribution < -0.4 is 4.74 Å². The molecule has 1 heterocycles. The van der Waals surface area contributed by atoms with Gasteiger partial charge in [-0.05, 0) is 38.5 Å². The second-order valence-electron chi connectivity index (χ2n) is 7.56. The van der Waals surface area contributed by atoms with Gasteiger partial charge in [-0.15, -0.1) is 0 Å². The fourth-order valence-electron chi connectivity index (χ4n) is 2.04. The van der Waals surface area contributed by atoms with E-state index in [1.165, 1.54) is 11.5 Å². The summed E-state index contributed by atoms with van der Waals surface area (Å²) in [6.07, 6.45) is 1.81. The number of ether oxygens (including phenoxy) is 1. The van der Waals surface area contributed by atoms with E-state index in [1.54, 1.807) is 12.4 Å². The molecule has 0 atom stereocenters. The van der Waals surface area contributed by atoms with Crippen molar-refractivity contribution in [1.29, 1.82) is 0 Å². The Morgan fingerprint density at radius 1 is 1.27 bits per heavy atom. The molecule has 2 rings (SSSR count). The van der Waals surface area contributed by atoms with Crippen LogP contribution in [0.2, 0.25) is 10.0 Å². The summed E-state index contributed by atoms with van der Waals surface area (Å²) in [4.78, 5) is 6.55. The first kappa shape index (κ1) is 21.0. The molecule has 0 bridgehead atoms. The van der Waals surface area contributed by atoms with Gasteiger partial charge < -0.3 is 9.64 Å². The summed E-state index contributed by atoms with van der Waals surface area (Å²) < 4.78 is 10.4. The number of benzene rings is 1. The monoisotopic (exact) mass is 413 g/mol. The van der Waals surface area contributed by atoms with Crippen molar-refractivity contribution in [2.45, 2.75) is 53.0 Å². The molecule has 0 aliphatic carbocycles. The zero-order valence-corrected chi connectivity index (χ0v) is 18.6. The number of aliphatic imine (C=N–C) groups is 1. The van der Waals surface area contributed by atoms with Crippen LogP contribution in [-0.2, 0) is 5.41 Å². The van der Waals surface area contributed by atoms with E-state index in [-0.39, 0.29) is 5.41 Å². The van der Waals surface area contributed by atoms with Crippen LogP contribution in [0.3, 0.4) is 0 Å². The number of hydrogen-bond acceptors (Lipinski definition) is 4. The molecule has 0 unspecified atom stereocenters. The van der Waals surface area contributed by atoms with Gasteiger partial charge in [0.2, 0.25) is 5.06 Å². The first-order valence-electron chi connectivity index (χ1n) is 8.40. The molecule has 0 fully saturated rings. The Labute approximate surface area is 170 Å². The Balaban J connectivity index is 2.28. The van der Waals surface area contributed by atoms with Gasteiger partial charge in [-0.25, -0.2) is 4.99 Å². The predicted molar refractivity (Wildman–Crippen MR) is 113 cm³/mol. The predicted octanol–water partition coefficient (Wildman–Crippen LogP) is 6.85. The van der Waals surface area contributed by atoms with Crippen molar-refractivity contribution in [2.75, 3.05) is 7.05 Å². The van der Waals surface area contributed by atoms with Gasteiger partial charge in [-0.1, -0.05) is 44.0 Å². The largest absolute Gasteiger partial charge is 0.442 e. The summed E-state index contributed by atoms with van der Waals surface area (Å²) in [7, 11) is 1.99. The molecule has 0 aliphatic heterocycles. The summed E-state index contributed by atoms with van der Waals surface area (Å²) >= 11 is 14.1. The molecule has 7 heteroatoms. The SMILES string of the molecule is Cc1cc(Oc2snc(C(C)(C)C)c2Cl)c(Cl)cc1N=CN(C)C(C)C. The van der Waals surface area contributed by atoms with Crippen molar-refractivity contribution in [3.05, 3.63) is 33.4 Å². The number of halogens is 2. The van der Waals surface area contributed by atoms with Crippen LogP contribution in [0.5, 0.6) is 10.8 Å². The van der Waals surface area contributed by atoms with E-state index in [9.17, 15) is 0 Å². The van der Waals surface area contributed by atoms with Crippen molar-refractivity contribution in [3.63, 3.8) is 0 Å². The third-order valence-electron chi connectivity index (χ3n) is 3.96. The molecule has 0 saturated carbocycles. The lowest BCUT2D eigenvalue weighted by Gasteiger charge is -2.17. The Bertz CT molecular complexity index is 810. The van der Waals surface area contributed by atoms with Crippen molar-refractivity contribution in [3.8, 4) is 10.8 Å². The highest BCUT2D eigenvalue weighted by molar-refractivity contribution is 7.08. The Kier molecular flexibility index (Phi) is 6.59. The van der Waals surface area contributed by atoms with Gasteiger partial charge >= 0.3 is 0 Å². The lowest BCUT2D eigenvalue weighted by atomic mass is 9.92. The molecule has 1 aromatic heterocycles. The van der Waals surface area contributed by atoms with Crippen molar-refractivity contribution in [1.82, 2.24) is 9.27 Å². The average molecular weight is 414 g/mol. The maximum Gasteiger partial charge on any atom is 0.219 e. The molecule has 2 aromatic rings. The summed E-state index contributed by atoms with van der Waals surface area (Å²) in [5.41, 5.74) is 2.45. The minimum absolute atomic E-state index is 0.143. The molecule has 0 aliphatic rings. The quantitative estimate of drug-likeness (QED) is 0.397. The fraction of sp³-hybridized carbons (Fsp3) is 0.474. The van der Waals surface area contributed by atoms with E-state index in [0.29, 0.717) is 26.9 Å². The molecule has 0 spiro atoms. The summed E-state index contributed by atoms with van der Waals surface area (Å²) in [6, 6.07) is 4.05. The van der Waals surface area contributed by atoms with Crippen LogP contribution >= 0.6 is 34.7 Å². The molecule has 0 N–H and O–H groups in total. The second kappa shape index (κ2) is 8.15. The molecule has 1 aromatic carbocycles. The van der Waals surface area contributed by atoms with E-state index in [0.717, 1.165) is 16.9 Å². The third-order valence-corrected chi connectivity index (χ3v) is 5.45. The highest BCUT2D eigenvalue weighted by Crippen LogP contribution is 2.43. The van der Waals surface area contributed by atoms with Crippen LogP contribution in [0.15, 0.2) is 17.1 Å². The van der Waals surface area contributed by atoms with Crippen LogP contribution in [0.25, 0.3) is 0 Å². The fourth-order valence-corrected chi connectivity index (χ4v) is 3.60. The summed E-state index contributed by atoms with van der Waals surface area (Å²) in [6.45, 7) is 12.4. The Morgan fingerprint density at radius 2 is 1.92 bits per heavy atom. The minimum Gasteiger partial charge on any atom is -0.442 e. The van der Waals surface area contributed by atoms with Crippen LogP contribution in [-0.4, -0.2) is 28.7 Å². The minimum atomic E-state index is -0.143. The van der Waals surface area contributed by atoms with E-state index >= 15 is 0 Å². The molecule has 26 heavy (non-hydrogen) atoms. The summed E-state index contributed by atoms with van der Waals surface area (Å²) in [5.74, 6) is 0.548. The average Bonchev–Trinajstić information content (AvgIpc) is 2.89.